The Bertz CT molecular complexity index is 809. The summed E-state index contributed by atoms with van der Waals surface area (Å²) < 4.78 is 4.90. The molecule has 3 amide bonds. The van der Waals surface area contributed by atoms with Gasteiger partial charge in [0.25, 0.3) is 5.91 Å². The largest absolute Gasteiger partial charge is 0.454 e. The van der Waals surface area contributed by atoms with E-state index in [0.717, 1.165) is 10.5 Å². The first-order valence-electron chi connectivity index (χ1n) is 8.58. The molecule has 1 fully saturated rings. The molecule has 1 aromatic carbocycles. The third-order valence-electron chi connectivity index (χ3n) is 4.71. The fourth-order valence-electron chi connectivity index (χ4n) is 3.21. The monoisotopic (exact) mass is 390 g/mol. The maximum absolute atomic E-state index is 12.3. The molecule has 27 heavy (non-hydrogen) atoms. The average Bonchev–Trinajstić information content (AvgIpc) is 2.88. The molecular weight excluding hydrogens is 372 g/mol. The molecule has 8 heteroatoms. The fourth-order valence-corrected chi connectivity index (χ4v) is 3.39. The number of anilines is 1. The van der Waals surface area contributed by atoms with Crippen molar-refractivity contribution in [2.45, 2.75) is 19.8 Å². The lowest BCUT2D eigenvalue weighted by molar-refractivity contribution is -0.154. The standard InChI is InChI=1S/C19H19ClN2O5/c1-11-6-7-12(8-15(11)20)21-16(23)10-27-17(24)9-22-18(25)13-4-2-3-5-14(13)19(22)26/h2-3,6-8,13-14H,4-5,9-10H2,1H3,(H,21,23)/t13-,14-/m0/s1. The Labute approximate surface area is 161 Å². The number of hydrogen-bond donors (Lipinski definition) is 1. The number of imide groups is 1. The summed E-state index contributed by atoms with van der Waals surface area (Å²) in [6.45, 7) is 0.839. The van der Waals surface area contributed by atoms with Gasteiger partial charge in [0.05, 0.1) is 11.8 Å². The van der Waals surface area contributed by atoms with E-state index in [2.05, 4.69) is 5.32 Å². The van der Waals surface area contributed by atoms with Crippen LogP contribution >= 0.6 is 11.6 Å². The number of carbonyl (C=O) groups is 4. The third kappa shape index (κ3) is 4.19. The Hall–Kier alpha value is -2.67. The Morgan fingerprint density at radius 2 is 1.81 bits per heavy atom. The number of benzene rings is 1. The number of hydrogen-bond acceptors (Lipinski definition) is 5. The van der Waals surface area contributed by atoms with Crippen molar-refractivity contribution in [1.29, 1.82) is 0 Å². The molecule has 0 bridgehead atoms. The van der Waals surface area contributed by atoms with E-state index in [0.29, 0.717) is 23.6 Å². The SMILES string of the molecule is Cc1ccc(NC(=O)COC(=O)CN2C(=O)[C@H]3CC=CC[C@@H]3C2=O)cc1Cl. The van der Waals surface area contributed by atoms with Crippen LogP contribution in [0.1, 0.15) is 18.4 Å². The first-order valence-corrected chi connectivity index (χ1v) is 8.96. The van der Waals surface area contributed by atoms with Gasteiger partial charge in [-0.1, -0.05) is 29.8 Å². The lowest BCUT2D eigenvalue weighted by Gasteiger charge is -2.14. The van der Waals surface area contributed by atoms with Crippen molar-refractivity contribution in [3.05, 3.63) is 40.9 Å². The molecule has 7 nitrogen and oxygen atoms in total. The first-order chi connectivity index (χ1) is 12.9. The summed E-state index contributed by atoms with van der Waals surface area (Å²) in [7, 11) is 0. The Morgan fingerprint density at radius 1 is 1.19 bits per heavy atom. The van der Waals surface area contributed by atoms with Crippen molar-refractivity contribution >= 4 is 41.0 Å². The summed E-state index contributed by atoms with van der Waals surface area (Å²) in [6.07, 6.45) is 4.75. The summed E-state index contributed by atoms with van der Waals surface area (Å²) in [5, 5.41) is 3.07. The molecule has 2 aliphatic rings. The highest BCUT2D eigenvalue weighted by molar-refractivity contribution is 6.31. The van der Waals surface area contributed by atoms with Gasteiger partial charge in [-0.25, -0.2) is 0 Å². The maximum Gasteiger partial charge on any atom is 0.326 e. The van der Waals surface area contributed by atoms with E-state index < -0.39 is 36.9 Å². The van der Waals surface area contributed by atoms with Gasteiger partial charge in [-0.05, 0) is 37.5 Å². The van der Waals surface area contributed by atoms with Crippen LogP contribution in [0.2, 0.25) is 5.02 Å². The van der Waals surface area contributed by atoms with E-state index >= 15 is 0 Å². The number of carbonyl (C=O) groups excluding carboxylic acids is 4. The molecule has 1 N–H and O–H groups in total. The minimum absolute atomic E-state index is 0.356. The van der Waals surface area contributed by atoms with Gasteiger partial charge in [0.15, 0.2) is 6.61 Å². The van der Waals surface area contributed by atoms with E-state index in [4.69, 9.17) is 16.3 Å². The molecule has 142 valence electrons. The first kappa shape index (κ1) is 19.1. The van der Waals surface area contributed by atoms with Crippen molar-refractivity contribution in [3.8, 4) is 0 Å². The van der Waals surface area contributed by atoms with Crippen LogP contribution in [0.15, 0.2) is 30.4 Å². The van der Waals surface area contributed by atoms with E-state index in [-0.39, 0.29) is 11.8 Å². The Morgan fingerprint density at radius 3 is 2.41 bits per heavy atom. The van der Waals surface area contributed by atoms with E-state index in [1.165, 1.54) is 0 Å². The summed E-state index contributed by atoms with van der Waals surface area (Å²) in [5.74, 6) is -2.86. The number of aryl methyl sites for hydroxylation is 1. The van der Waals surface area contributed by atoms with Gasteiger partial charge < -0.3 is 10.1 Å². The van der Waals surface area contributed by atoms with Crippen LogP contribution in [0.25, 0.3) is 0 Å². The topological polar surface area (TPSA) is 92.8 Å². The number of fused-ring (bicyclic) bond motifs is 1. The molecule has 0 spiro atoms. The second-order valence-electron chi connectivity index (χ2n) is 6.59. The van der Waals surface area contributed by atoms with Gasteiger partial charge >= 0.3 is 5.97 Å². The van der Waals surface area contributed by atoms with Crippen molar-refractivity contribution in [2.75, 3.05) is 18.5 Å². The Kier molecular flexibility index (Phi) is 5.60. The maximum atomic E-state index is 12.3. The quantitative estimate of drug-likeness (QED) is 0.472. The highest BCUT2D eigenvalue weighted by Crippen LogP contribution is 2.34. The van der Waals surface area contributed by atoms with Crippen LogP contribution in [0.3, 0.4) is 0 Å². The molecule has 1 heterocycles. The highest BCUT2D eigenvalue weighted by Gasteiger charge is 2.47. The molecule has 1 aliphatic carbocycles. The smallest absolute Gasteiger partial charge is 0.326 e. The van der Waals surface area contributed by atoms with Gasteiger partial charge in [0.2, 0.25) is 11.8 Å². The molecule has 1 aliphatic heterocycles. The zero-order chi connectivity index (χ0) is 19.6. The van der Waals surface area contributed by atoms with Crippen LogP contribution in [0.4, 0.5) is 5.69 Å². The number of nitrogens with one attached hydrogen (secondary N) is 1. The highest BCUT2D eigenvalue weighted by atomic mass is 35.5. The summed E-state index contributed by atoms with van der Waals surface area (Å²) in [4.78, 5) is 49.4. The van der Waals surface area contributed by atoms with Gasteiger partial charge in [-0.3, -0.25) is 24.1 Å². The lowest BCUT2D eigenvalue weighted by Crippen LogP contribution is -2.37. The predicted octanol–water partition coefficient (Wildman–Crippen LogP) is 2.08. The summed E-state index contributed by atoms with van der Waals surface area (Å²) in [5.41, 5.74) is 1.35. The van der Waals surface area contributed by atoms with Crippen LogP contribution in [-0.4, -0.2) is 41.7 Å². The van der Waals surface area contributed by atoms with Crippen LogP contribution in [0, 0.1) is 18.8 Å². The van der Waals surface area contributed by atoms with Crippen molar-refractivity contribution in [3.63, 3.8) is 0 Å². The van der Waals surface area contributed by atoms with Gasteiger partial charge in [0.1, 0.15) is 6.54 Å². The number of rotatable bonds is 5. The molecule has 2 atom stereocenters. The number of esters is 1. The molecule has 0 unspecified atom stereocenters. The predicted molar refractivity (Wildman–Crippen MR) is 97.9 cm³/mol. The summed E-state index contributed by atoms with van der Waals surface area (Å²) >= 11 is 5.99. The van der Waals surface area contributed by atoms with Crippen molar-refractivity contribution in [1.82, 2.24) is 4.90 Å². The van der Waals surface area contributed by atoms with Gasteiger partial charge in [-0.2, -0.15) is 0 Å². The molecule has 1 aromatic rings. The lowest BCUT2D eigenvalue weighted by atomic mass is 9.85. The number of ether oxygens (including phenoxy) is 1. The third-order valence-corrected chi connectivity index (χ3v) is 5.11. The number of likely N-dealkylation sites (tertiary alicyclic amines) is 1. The number of allylic oxidation sites excluding steroid dienone is 2. The van der Waals surface area contributed by atoms with Gasteiger partial charge in [0, 0.05) is 10.7 Å². The van der Waals surface area contributed by atoms with Crippen molar-refractivity contribution in [2.24, 2.45) is 11.8 Å². The summed E-state index contributed by atoms with van der Waals surface area (Å²) in [6, 6.07) is 5.02. The normalized spacial score (nSPS) is 21.2. The van der Waals surface area contributed by atoms with E-state index in [1.54, 1.807) is 18.2 Å². The van der Waals surface area contributed by atoms with E-state index in [1.807, 2.05) is 19.1 Å². The van der Waals surface area contributed by atoms with E-state index in [9.17, 15) is 19.2 Å². The van der Waals surface area contributed by atoms with Gasteiger partial charge in [-0.15, -0.1) is 0 Å². The molecule has 0 aromatic heterocycles. The van der Waals surface area contributed by atoms with Crippen molar-refractivity contribution < 1.29 is 23.9 Å². The zero-order valence-corrected chi connectivity index (χ0v) is 15.5. The number of halogens is 1. The second kappa shape index (κ2) is 7.92. The van der Waals surface area contributed by atoms with Crippen LogP contribution in [0.5, 0.6) is 0 Å². The average molecular weight is 391 g/mol. The molecule has 3 rings (SSSR count). The van der Waals surface area contributed by atoms with Crippen LogP contribution in [-0.2, 0) is 23.9 Å². The molecular formula is C19H19ClN2O5. The Balaban J connectivity index is 1.49. The minimum Gasteiger partial charge on any atom is -0.454 e. The zero-order valence-electron chi connectivity index (χ0n) is 14.7. The molecule has 0 radical (unpaired) electrons. The minimum atomic E-state index is -0.805. The number of nitrogens with zero attached hydrogens (tertiary/aromatic N) is 1. The fraction of sp³-hybridized carbons (Fsp3) is 0.368. The number of amides is 3. The molecule has 1 saturated heterocycles. The van der Waals surface area contributed by atoms with Crippen LogP contribution < -0.4 is 5.32 Å². The second-order valence-corrected chi connectivity index (χ2v) is 7.00. The molecule has 0 saturated carbocycles.